The van der Waals surface area contributed by atoms with Gasteiger partial charge in [0, 0.05) is 27.4 Å². The molecule has 0 spiro atoms. The summed E-state index contributed by atoms with van der Waals surface area (Å²) in [5, 5.41) is 13.9. The zero-order chi connectivity index (χ0) is 33.8. The number of nitriles is 1. The molecule has 9 aromatic rings. The van der Waals surface area contributed by atoms with Crippen molar-refractivity contribution in [2.45, 2.75) is 0 Å². The lowest BCUT2D eigenvalue weighted by molar-refractivity contribution is 1.18. The first-order valence-electron chi connectivity index (χ1n) is 16.2. The van der Waals surface area contributed by atoms with Gasteiger partial charge < -0.3 is 9.13 Å². The maximum Gasteiger partial charge on any atom is 0.211 e. The fourth-order valence-corrected chi connectivity index (χ4v) is 7.47. The highest BCUT2D eigenvalue weighted by atomic mass is 15.0. The maximum absolute atomic E-state index is 9.68. The molecule has 2 aromatic heterocycles. The molecular weight excluding hydrogens is 611 g/mol. The first kappa shape index (κ1) is 28.8. The molecule has 0 fully saturated rings. The second-order valence-electron chi connectivity index (χ2n) is 12.2. The van der Waals surface area contributed by atoms with Crippen molar-refractivity contribution in [3.05, 3.63) is 180 Å². The van der Waals surface area contributed by atoms with Gasteiger partial charge in [-0.2, -0.15) is 5.26 Å². The maximum atomic E-state index is 9.68. The van der Waals surface area contributed by atoms with Gasteiger partial charge in [-0.3, -0.25) is 0 Å². The fraction of sp³-hybridized carbons (Fsp3) is 0. The van der Waals surface area contributed by atoms with E-state index in [-0.39, 0.29) is 0 Å². The Balaban J connectivity index is 1.30. The summed E-state index contributed by atoms with van der Waals surface area (Å²) in [6.45, 7) is 16.1. The minimum Gasteiger partial charge on any atom is -0.320 e. The Labute approximate surface area is 288 Å². The average molecular weight is 636 g/mol. The number of rotatable bonds is 4. The standard InChI is InChI=1S/C45H25N5/c1-47-31-25-30(26-32(27-31)49-41-19-8-6-15-36(41)38-17-11-18-40(48-2)45(38)49)33-12-3-4-13-34(33)35-14-5-9-20-42(35)50-43-21-10-7-16-37(43)39-24-29(28-46)22-23-44(39)50/h3-27H. The van der Waals surface area contributed by atoms with E-state index in [1.807, 2.05) is 72.8 Å². The molecule has 0 N–H and O–H groups in total. The summed E-state index contributed by atoms with van der Waals surface area (Å²) < 4.78 is 4.41. The Kier molecular flexibility index (Phi) is 6.56. The van der Waals surface area contributed by atoms with E-state index < -0.39 is 0 Å². The number of aromatic nitrogens is 2. The Morgan fingerprint density at radius 1 is 0.500 bits per heavy atom. The molecule has 5 nitrogen and oxygen atoms in total. The van der Waals surface area contributed by atoms with Gasteiger partial charge in [-0.25, -0.2) is 9.69 Å². The highest BCUT2D eigenvalue weighted by Gasteiger charge is 2.20. The molecule has 5 heteroatoms. The molecule has 0 atom stereocenters. The lowest BCUT2D eigenvalue weighted by atomic mass is 9.93. The number of nitrogens with zero attached hydrogens (tertiary/aromatic N) is 5. The molecule has 0 saturated heterocycles. The molecule has 0 unspecified atom stereocenters. The van der Waals surface area contributed by atoms with Gasteiger partial charge in [0.15, 0.2) is 5.69 Å². The molecule has 0 aliphatic carbocycles. The van der Waals surface area contributed by atoms with Crippen LogP contribution < -0.4 is 0 Å². The topological polar surface area (TPSA) is 42.4 Å². The molecule has 0 aliphatic heterocycles. The first-order valence-corrected chi connectivity index (χ1v) is 16.2. The zero-order valence-electron chi connectivity index (χ0n) is 26.7. The van der Waals surface area contributed by atoms with Crippen molar-refractivity contribution in [2.75, 3.05) is 0 Å². The van der Waals surface area contributed by atoms with Crippen molar-refractivity contribution >= 4 is 55.0 Å². The average Bonchev–Trinajstić information content (AvgIpc) is 3.70. The molecule has 0 radical (unpaired) electrons. The van der Waals surface area contributed by atoms with Crippen LogP contribution >= 0.6 is 0 Å². The first-order chi connectivity index (χ1) is 24.7. The van der Waals surface area contributed by atoms with Gasteiger partial charge >= 0.3 is 0 Å². The van der Waals surface area contributed by atoms with Crippen LogP contribution in [-0.4, -0.2) is 9.13 Å². The van der Waals surface area contributed by atoms with Gasteiger partial charge in [-0.15, -0.1) is 0 Å². The van der Waals surface area contributed by atoms with E-state index in [1.165, 1.54) is 0 Å². The van der Waals surface area contributed by atoms with E-state index in [9.17, 15) is 5.26 Å². The molecule has 0 amide bonds. The molecule has 50 heavy (non-hydrogen) atoms. The van der Waals surface area contributed by atoms with Crippen molar-refractivity contribution in [3.63, 3.8) is 0 Å². The Hall–Kier alpha value is -7.39. The molecule has 7 aromatic carbocycles. The summed E-state index contributed by atoms with van der Waals surface area (Å²) in [4.78, 5) is 7.82. The number of hydrogen-bond donors (Lipinski definition) is 0. The van der Waals surface area contributed by atoms with Crippen LogP contribution in [0.4, 0.5) is 11.4 Å². The molecule has 0 saturated carbocycles. The van der Waals surface area contributed by atoms with E-state index in [0.717, 1.165) is 77.2 Å². The molecule has 0 bridgehead atoms. The Morgan fingerprint density at radius 3 is 1.90 bits per heavy atom. The summed E-state index contributed by atoms with van der Waals surface area (Å²) >= 11 is 0. The van der Waals surface area contributed by atoms with Gasteiger partial charge in [0.05, 0.1) is 52.5 Å². The van der Waals surface area contributed by atoms with E-state index in [4.69, 9.17) is 13.1 Å². The lowest BCUT2D eigenvalue weighted by Gasteiger charge is -2.18. The summed E-state index contributed by atoms with van der Waals surface area (Å²) in [5.74, 6) is 0. The highest BCUT2D eigenvalue weighted by molar-refractivity contribution is 6.14. The van der Waals surface area contributed by atoms with Crippen molar-refractivity contribution in [2.24, 2.45) is 0 Å². The van der Waals surface area contributed by atoms with Crippen LogP contribution in [0, 0.1) is 24.5 Å². The van der Waals surface area contributed by atoms with Crippen LogP contribution in [0.1, 0.15) is 5.56 Å². The van der Waals surface area contributed by atoms with Crippen molar-refractivity contribution < 1.29 is 0 Å². The number of benzene rings is 7. The van der Waals surface area contributed by atoms with E-state index >= 15 is 0 Å². The Morgan fingerprint density at radius 2 is 1.14 bits per heavy atom. The highest BCUT2D eigenvalue weighted by Crippen LogP contribution is 2.43. The van der Waals surface area contributed by atoms with Crippen molar-refractivity contribution in [1.82, 2.24) is 9.13 Å². The number of para-hydroxylation sites is 4. The third-order valence-electron chi connectivity index (χ3n) is 9.56. The minimum atomic E-state index is 0.516. The molecule has 230 valence electrons. The third-order valence-corrected chi connectivity index (χ3v) is 9.56. The summed E-state index contributed by atoms with van der Waals surface area (Å²) in [6.07, 6.45) is 0. The number of hydrogen-bond acceptors (Lipinski definition) is 1. The predicted molar refractivity (Wildman–Crippen MR) is 203 cm³/mol. The van der Waals surface area contributed by atoms with E-state index in [0.29, 0.717) is 16.9 Å². The van der Waals surface area contributed by atoms with Crippen molar-refractivity contribution in [1.29, 1.82) is 5.26 Å². The van der Waals surface area contributed by atoms with Crippen LogP contribution in [-0.2, 0) is 0 Å². The van der Waals surface area contributed by atoms with Crippen LogP contribution in [0.3, 0.4) is 0 Å². The van der Waals surface area contributed by atoms with E-state index in [2.05, 4.69) is 104 Å². The van der Waals surface area contributed by atoms with Crippen LogP contribution in [0.5, 0.6) is 0 Å². The molecular formula is C45H25N5. The van der Waals surface area contributed by atoms with Crippen LogP contribution in [0.2, 0.25) is 0 Å². The second kappa shape index (κ2) is 11.4. The van der Waals surface area contributed by atoms with E-state index in [1.54, 1.807) is 0 Å². The third kappa shape index (κ3) is 4.31. The van der Waals surface area contributed by atoms with Gasteiger partial charge in [0.2, 0.25) is 5.69 Å². The SMILES string of the molecule is [C-]#[N+]c1cc(-c2ccccc2-c2ccccc2-n2c3ccccc3c3cc(C#N)ccc32)cc(-n2c3ccccc3c3cccc([N+]#[C-])c32)c1. The van der Waals surface area contributed by atoms with Gasteiger partial charge in [0.1, 0.15) is 0 Å². The summed E-state index contributed by atoms with van der Waals surface area (Å²) in [7, 11) is 0. The van der Waals surface area contributed by atoms with Gasteiger partial charge in [-0.1, -0.05) is 97.1 Å². The quantitative estimate of drug-likeness (QED) is 0.177. The zero-order valence-corrected chi connectivity index (χ0v) is 26.7. The van der Waals surface area contributed by atoms with Gasteiger partial charge in [0.25, 0.3) is 0 Å². The number of fused-ring (bicyclic) bond motifs is 6. The second-order valence-corrected chi connectivity index (χ2v) is 12.2. The smallest absolute Gasteiger partial charge is 0.211 e. The molecule has 0 aliphatic rings. The normalized spacial score (nSPS) is 11.1. The molecule has 9 rings (SSSR count). The Bertz CT molecular complexity index is 2970. The largest absolute Gasteiger partial charge is 0.320 e. The van der Waals surface area contributed by atoms with Crippen molar-refractivity contribution in [3.8, 4) is 39.7 Å². The van der Waals surface area contributed by atoms with Gasteiger partial charge in [-0.05, 0) is 76.7 Å². The summed E-state index contributed by atoms with van der Waals surface area (Å²) in [5.41, 5.74) is 11.4. The monoisotopic (exact) mass is 635 g/mol. The lowest BCUT2D eigenvalue weighted by Crippen LogP contribution is -1.98. The van der Waals surface area contributed by atoms with Crippen LogP contribution in [0.25, 0.3) is 86.9 Å². The molecule has 2 heterocycles. The van der Waals surface area contributed by atoms with Crippen LogP contribution in [0.15, 0.2) is 152 Å². The predicted octanol–water partition coefficient (Wildman–Crippen LogP) is 12.2. The fourth-order valence-electron chi connectivity index (χ4n) is 7.47. The minimum absolute atomic E-state index is 0.516. The summed E-state index contributed by atoms with van der Waals surface area (Å²) in [6, 6.07) is 53.2.